The second kappa shape index (κ2) is 12.3. The SMILES string of the molecule is CC(C)[OH+]c1ccccc1[CH]=[Ru]([Cl])[Cl].Cc1cccc(C)c1N1[CH-]C(C)(c2ccccc2)CC1(C)C. The van der Waals surface area contributed by atoms with E-state index in [-0.39, 0.29) is 17.1 Å². The number of para-hydroxylation sites is 2. The minimum absolute atomic E-state index is 0.0828. The predicted molar refractivity (Wildman–Crippen MR) is 155 cm³/mol. The Kier molecular flexibility index (Phi) is 9.83. The molecule has 0 aromatic heterocycles. The quantitative estimate of drug-likeness (QED) is 0.160. The van der Waals surface area contributed by atoms with Crippen LogP contribution in [-0.2, 0) is 18.9 Å². The number of rotatable bonds is 5. The summed E-state index contributed by atoms with van der Waals surface area (Å²) < 4.78 is 6.41. The molecule has 1 heterocycles. The molecule has 1 unspecified atom stereocenters. The summed E-state index contributed by atoms with van der Waals surface area (Å²) in [6, 6.07) is 25.4. The minimum atomic E-state index is -1.75. The van der Waals surface area contributed by atoms with Crippen LogP contribution in [0.15, 0.2) is 72.8 Å². The van der Waals surface area contributed by atoms with E-state index in [1.807, 2.05) is 42.7 Å². The molecule has 0 aliphatic carbocycles. The standard InChI is InChI=1S/C21H26N.C10H12O.2ClH.Ru/c1-16-10-9-11-17(2)19(16)22-15-21(5,14-20(22,3)4)18-12-7-6-8-13-18;1-8(2)11-10-7-5-4-6-9(10)3;;;/h6-13,15H,14H2,1-5H3;3-8H,1-2H3;2*1H;/q-1;;;;+2/p-1. The number of anilines is 1. The van der Waals surface area contributed by atoms with Crippen LogP contribution in [0.25, 0.3) is 0 Å². The number of hydrogen-bond acceptors (Lipinski definition) is 1. The van der Waals surface area contributed by atoms with Crippen LogP contribution in [0.2, 0.25) is 0 Å². The molecule has 0 saturated carbocycles. The van der Waals surface area contributed by atoms with Gasteiger partial charge >= 0.3 is 97.8 Å². The van der Waals surface area contributed by atoms with E-state index >= 15 is 0 Å². The summed E-state index contributed by atoms with van der Waals surface area (Å²) in [5.41, 5.74) is 6.71. The average molecular weight is 614 g/mol. The second-order valence-electron chi connectivity index (χ2n) is 10.6. The summed E-state index contributed by atoms with van der Waals surface area (Å²) in [6.07, 6.45) is 1.41. The molecule has 4 rings (SSSR count). The first-order chi connectivity index (χ1) is 16.9. The van der Waals surface area contributed by atoms with Crippen molar-refractivity contribution < 1.29 is 18.3 Å². The summed E-state index contributed by atoms with van der Waals surface area (Å²) in [6.45, 7) is 18.0. The van der Waals surface area contributed by atoms with Crippen LogP contribution in [-0.4, -0.2) is 21.0 Å². The molecular weight excluding hydrogens is 574 g/mol. The van der Waals surface area contributed by atoms with Crippen molar-refractivity contribution in [2.45, 2.75) is 71.9 Å². The summed E-state index contributed by atoms with van der Waals surface area (Å²) >= 11 is -1.75. The van der Waals surface area contributed by atoms with Gasteiger partial charge in [-0.3, -0.25) is 0 Å². The first kappa shape index (κ1) is 28.9. The van der Waals surface area contributed by atoms with Gasteiger partial charge in [-0.05, 0) is 45.2 Å². The Bertz CT molecular complexity index is 1170. The van der Waals surface area contributed by atoms with Gasteiger partial charge in [0.2, 0.25) is 0 Å². The maximum atomic E-state index is 5.83. The summed E-state index contributed by atoms with van der Waals surface area (Å²) in [5.74, 6) is 0.975. The molecule has 1 fully saturated rings. The summed E-state index contributed by atoms with van der Waals surface area (Å²) in [4.78, 5) is 2.50. The molecule has 1 saturated heterocycles. The number of nitrogens with zero attached hydrogens (tertiary/aromatic N) is 1. The normalized spacial score (nSPS) is 18.9. The van der Waals surface area contributed by atoms with Crippen molar-refractivity contribution in [2.24, 2.45) is 0 Å². The van der Waals surface area contributed by atoms with Gasteiger partial charge in [-0.15, -0.1) is 5.41 Å². The number of aliphatic hydroxyl groups is 1. The first-order valence-electron chi connectivity index (χ1n) is 12.3. The third kappa shape index (κ3) is 7.21. The van der Waals surface area contributed by atoms with E-state index < -0.39 is 13.5 Å². The van der Waals surface area contributed by atoms with Gasteiger partial charge in [0.25, 0.3) is 0 Å². The van der Waals surface area contributed by atoms with Gasteiger partial charge in [0, 0.05) is 11.2 Å². The maximum Gasteiger partial charge on any atom is 0.0134 e. The zero-order valence-corrected chi connectivity index (χ0v) is 25.6. The van der Waals surface area contributed by atoms with Gasteiger partial charge in [-0.1, -0.05) is 61.0 Å². The van der Waals surface area contributed by atoms with Crippen LogP contribution >= 0.6 is 19.4 Å². The number of benzene rings is 3. The van der Waals surface area contributed by atoms with Crippen molar-refractivity contribution >= 4 is 29.7 Å². The van der Waals surface area contributed by atoms with Crippen LogP contribution in [0.1, 0.15) is 63.3 Å². The fourth-order valence-corrected chi connectivity index (χ4v) is 6.91. The largest absolute Gasteiger partial charge is 0.517 e. The molecule has 0 spiro atoms. The number of aromatic hydroxyl groups is 1. The molecule has 0 amide bonds. The molecule has 196 valence electrons. The molecule has 3 aromatic rings. The Hall–Kier alpha value is -1.67. The molecule has 0 bridgehead atoms. The van der Waals surface area contributed by atoms with E-state index in [0.29, 0.717) is 0 Å². The minimum Gasteiger partial charge on any atom is -0.517 e. The van der Waals surface area contributed by atoms with Crippen LogP contribution < -0.4 is 4.90 Å². The number of ether oxygens (including phenoxy) is 1. The Labute approximate surface area is 231 Å². The number of hydrogen-bond donors (Lipinski definition) is 0. The Morgan fingerprint density at radius 3 is 2.06 bits per heavy atom. The number of halogens is 2. The van der Waals surface area contributed by atoms with Crippen molar-refractivity contribution in [1.29, 1.82) is 0 Å². The van der Waals surface area contributed by atoms with Gasteiger partial charge in [-0.2, -0.15) is 0 Å². The molecule has 1 aliphatic rings. The van der Waals surface area contributed by atoms with Crippen molar-refractivity contribution in [3.05, 3.63) is 102 Å². The Balaban J connectivity index is 0.000000223. The topological polar surface area (TPSA) is 16.0 Å². The molecule has 2 nitrogen and oxygen atoms in total. The fourth-order valence-electron chi connectivity index (χ4n) is 5.09. The molecule has 5 heteroatoms. The Morgan fingerprint density at radius 2 is 1.47 bits per heavy atom. The molecule has 3 aromatic carbocycles. The monoisotopic (exact) mass is 613 g/mol. The molecule has 0 radical (unpaired) electrons. The van der Waals surface area contributed by atoms with Gasteiger partial charge in [0.1, 0.15) is 0 Å². The number of aryl methyl sites for hydroxylation is 2. The molecular formula is C31H39Cl2NORu. The van der Waals surface area contributed by atoms with Crippen molar-refractivity contribution in [3.8, 4) is 5.75 Å². The van der Waals surface area contributed by atoms with Crippen LogP contribution in [0.3, 0.4) is 0 Å². The van der Waals surface area contributed by atoms with Gasteiger partial charge in [0.15, 0.2) is 0 Å². The van der Waals surface area contributed by atoms with Crippen LogP contribution in [0.5, 0.6) is 5.75 Å². The predicted octanol–water partition coefficient (Wildman–Crippen LogP) is 8.82. The van der Waals surface area contributed by atoms with Gasteiger partial charge in [-0.25, -0.2) is 6.54 Å². The van der Waals surface area contributed by atoms with Crippen LogP contribution in [0, 0.1) is 20.4 Å². The zero-order valence-electron chi connectivity index (χ0n) is 22.4. The molecule has 1 N–H and O–H groups in total. The van der Waals surface area contributed by atoms with Crippen molar-refractivity contribution in [1.82, 2.24) is 0 Å². The average Bonchev–Trinajstić information content (AvgIpc) is 3.05. The second-order valence-corrected chi connectivity index (χ2v) is 16.3. The van der Waals surface area contributed by atoms with Crippen molar-refractivity contribution in [3.63, 3.8) is 0 Å². The van der Waals surface area contributed by atoms with Crippen LogP contribution in [0.4, 0.5) is 5.69 Å². The summed E-state index contributed by atoms with van der Waals surface area (Å²) in [7, 11) is 11.7. The first-order valence-corrected chi connectivity index (χ1v) is 17.8. The van der Waals surface area contributed by atoms with E-state index in [1.165, 1.54) is 22.4 Å². The third-order valence-electron chi connectivity index (χ3n) is 6.50. The molecule has 1 aliphatic heterocycles. The molecule has 36 heavy (non-hydrogen) atoms. The van der Waals surface area contributed by atoms with E-state index in [4.69, 9.17) is 19.4 Å². The van der Waals surface area contributed by atoms with Crippen molar-refractivity contribution in [2.75, 3.05) is 4.90 Å². The van der Waals surface area contributed by atoms with E-state index in [1.54, 1.807) is 0 Å². The van der Waals surface area contributed by atoms with Gasteiger partial charge < -0.3 is 4.90 Å². The summed E-state index contributed by atoms with van der Waals surface area (Å²) in [5, 5.41) is 0. The molecule has 1 atom stereocenters. The third-order valence-corrected chi connectivity index (χ3v) is 8.33. The fraction of sp³-hybridized carbons (Fsp3) is 0.355. The van der Waals surface area contributed by atoms with Gasteiger partial charge in [0.05, 0.1) is 0 Å². The maximum absolute atomic E-state index is 5.83. The zero-order chi connectivity index (χ0) is 26.5. The van der Waals surface area contributed by atoms with E-state index in [9.17, 15) is 0 Å². The smallest absolute Gasteiger partial charge is 0.0134 e. The van der Waals surface area contributed by atoms with E-state index in [0.717, 1.165) is 17.7 Å². The van der Waals surface area contributed by atoms with E-state index in [2.05, 4.69) is 99.3 Å². The Morgan fingerprint density at radius 1 is 0.889 bits per heavy atom.